The first-order chi connectivity index (χ1) is 22.6. The van der Waals surface area contributed by atoms with E-state index >= 15 is 0 Å². The fraction of sp³-hybridized carbons (Fsp3) is 0.414. The zero-order chi connectivity index (χ0) is 35.0. The Morgan fingerprint density at radius 3 is 2.29 bits per heavy atom. The molecule has 0 atom stereocenters. The molecule has 4 amide bonds. The predicted octanol–water partition coefficient (Wildman–Crippen LogP) is 2.52. The van der Waals surface area contributed by atoms with Gasteiger partial charge in [-0.15, -0.1) is 0 Å². The number of carboxylic acid groups (broad SMARTS) is 1. The molecule has 5 rings (SSSR count). The average molecular weight is 692 g/mol. The number of aliphatic hydroxyl groups is 1. The Kier molecular flexibility index (Phi) is 9.37. The minimum atomic E-state index is -4.82. The molecule has 2 fully saturated rings. The van der Waals surface area contributed by atoms with Crippen molar-refractivity contribution in [3.8, 4) is 17.3 Å². The number of hydrogen-bond donors (Lipinski definition) is 3. The van der Waals surface area contributed by atoms with Crippen molar-refractivity contribution in [2.45, 2.75) is 31.2 Å². The number of piperidine rings is 1. The number of likely N-dealkylation sites (tertiary alicyclic amines) is 1. The Morgan fingerprint density at radius 2 is 1.71 bits per heavy atom. The molecule has 4 heterocycles. The summed E-state index contributed by atoms with van der Waals surface area (Å²) >= 11 is 6.41. The number of nitriles is 1. The number of anilines is 1. The quantitative estimate of drug-likeness (QED) is 0.349. The van der Waals surface area contributed by atoms with E-state index in [0.717, 1.165) is 26.5 Å². The normalized spacial score (nSPS) is 16.4. The van der Waals surface area contributed by atoms with Gasteiger partial charge in [0.05, 0.1) is 34.1 Å². The number of halogens is 4. The maximum absolute atomic E-state index is 13.6. The molecule has 19 heteroatoms. The van der Waals surface area contributed by atoms with Crippen LogP contribution >= 0.6 is 11.6 Å². The summed E-state index contributed by atoms with van der Waals surface area (Å²) in [6.07, 6.45) is -3.85. The van der Waals surface area contributed by atoms with Crippen molar-refractivity contribution in [3.63, 3.8) is 0 Å². The number of nitrogens with zero attached hydrogens (tertiary/aromatic N) is 8. The molecule has 2 aliphatic heterocycles. The number of carbonyl (C=O) groups excluding carboxylic acids is 3. The molecule has 1 aromatic carbocycles. The molecule has 0 aliphatic carbocycles. The summed E-state index contributed by atoms with van der Waals surface area (Å²) in [5, 5.41) is 34.9. The van der Waals surface area contributed by atoms with Crippen LogP contribution in [0.3, 0.4) is 0 Å². The van der Waals surface area contributed by atoms with Gasteiger partial charge in [-0.1, -0.05) is 11.6 Å². The predicted molar refractivity (Wildman–Crippen MR) is 161 cm³/mol. The first kappa shape index (κ1) is 34.2. The monoisotopic (exact) mass is 691 g/mol. The van der Waals surface area contributed by atoms with E-state index in [9.17, 15) is 37.5 Å². The molecule has 2 saturated heterocycles. The van der Waals surface area contributed by atoms with Gasteiger partial charge in [-0.25, -0.2) is 9.78 Å². The Labute approximate surface area is 275 Å². The van der Waals surface area contributed by atoms with Gasteiger partial charge in [0.1, 0.15) is 12.1 Å². The topological polar surface area (TPSA) is 190 Å². The highest BCUT2D eigenvalue weighted by Gasteiger charge is 2.44. The highest BCUT2D eigenvalue weighted by atomic mass is 35.5. The SMILES string of the molecule is Cn1c(-c2cn(CC#N)nc2C(F)(F)F)cnc1C(=O)Nc1ccc(C(=O)N2CCN(C(=O)C3(O)CCN(C(=O)O)CC3)CC2)c(Cl)c1. The number of hydrogen-bond acceptors (Lipinski definition) is 8. The maximum Gasteiger partial charge on any atom is 0.435 e. The van der Waals surface area contributed by atoms with E-state index in [2.05, 4.69) is 15.4 Å². The van der Waals surface area contributed by atoms with E-state index in [4.69, 9.17) is 22.0 Å². The number of benzene rings is 1. The Hall–Kier alpha value is -5.15. The van der Waals surface area contributed by atoms with Crippen LogP contribution in [0, 0.1) is 11.3 Å². The summed E-state index contributed by atoms with van der Waals surface area (Å²) in [5.74, 6) is -1.93. The van der Waals surface area contributed by atoms with Crippen LogP contribution in [-0.2, 0) is 24.6 Å². The van der Waals surface area contributed by atoms with Crippen molar-refractivity contribution < 1.29 is 42.6 Å². The molecule has 0 spiro atoms. The van der Waals surface area contributed by atoms with Crippen LogP contribution in [0.15, 0.2) is 30.6 Å². The molecule has 0 unspecified atom stereocenters. The van der Waals surface area contributed by atoms with Gasteiger partial charge >= 0.3 is 12.3 Å². The zero-order valence-electron chi connectivity index (χ0n) is 25.4. The lowest BCUT2D eigenvalue weighted by atomic mass is 9.89. The number of imidazole rings is 1. The number of carbonyl (C=O) groups is 4. The van der Waals surface area contributed by atoms with Crippen LogP contribution in [0.5, 0.6) is 0 Å². The van der Waals surface area contributed by atoms with Gasteiger partial charge in [-0.05, 0) is 18.2 Å². The van der Waals surface area contributed by atoms with Gasteiger partial charge < -0.3 is 34.8 Å². The lowest BCUT2D eigenvalue weighted by Crippen LogP contribution is -2.59. The van der Waals surface area contributed by atoms with Crippen molar-refractivity contribution in [1.82, 2.24) is 34.0 Å². The molecule has 2 aromatic heterocycles. The minimum Gasteiger partial charge on any atom is -0.465 e. The molecule has 0 saturated carbocycles. The Balaban J connectivity index is 1.21. The third-order valence-corrected chi connectivity index (χ3v) is 8.61. The Bertz CT molecular complexity index is 1800. The van der Waals surface area contributed by atoms with Crippen molar-refractivity contribution in [1.29, 1.82) is 5.26 Å². The highest BCUT2D eigenvalue weighted by Crippen LogP contribution is 2.36. The summed E-state index contributed by atoms with van der Waals surface area (Å²) in [6, 6.07) is 5.89. The van der Waals surface area contributed by atoms with E-state index in [-0.39, 0.29) is 85.5 Å². The summed E-state index contributed by atoms with van der Waals surface area (Å²) in [4.78, 5) is 58.5. The minimum absolute atomic E-state index is 0.0102. The van der Waals surface area contributed by atoms with E-state index in [0.29, 0.717) is 0 Å². The number of alkyl halides is 3. The molecule has 2 aliphatic rings. The number of nitrogens with one attached hydrogen (secondary N) is 1. The first-order valence-electron chi connectivity index (χ1n) is 14.6. The van der Waals surface area contributed by atoms with Crippen molar-refractivity contribution >= 4 is 41.1 Å². The second-order valence-corrected chi connectivity index (χ2v) is 11.7. The number of amides is 4. The van der Waals surface area contributed by atoms with E-state index in [1.807, 2.05) is 0 Å². The molecule has 0 radical (unpaired) electrons. The van der Waals surface area contributed by atoms with E-state index in [1.54, 1.807) is 6.07 Å². The fourth-order valence-corrected chi connectivity index (χ4v) is 5.92. The summed E-state index contributed by atoms with van der Waals surface area (Å²) in [5.41, 5.74) is -3.02. The van der Waals surface area contributed by atoms with Crippen molar-refractivity contribution in [3.05, 3.63) is 52.7 Å². The number of aromatic nitrogens is 4. The average Bonchev–Trinajstić information content (AvgIpc) is 3.64. The molecule has 0 bridgehead atoms. The molecular formula is C29H29ClF3N9O6. The summed E-state index contributed by atoms with van der Waals surface area (Å²) < 4.78 is 42.9. The highest BCUT2D eigenvalue weighted by molar-refractivity contribution is 6.34. The van der Waals surface area contributed by atoms with Gasteiger partial charge in [-0.3, -0.25) is 19.1 Å². The van der Waals surface area contributed by atoms with Crippen LogP contribution < -0.4 is 5.32 Å². The molecular weight excluding hydrogens is 663 g/mol. The zero-order valence-corrected chi connectivity index (χ0v) is 26.1. The van der Waals surface area contributed by atoms with Crippen molar-refractivity contribution in [2.75, 3.05) is 44.6 Å². The van der Waals surface area contributed by atoms with E-state index in [1.165, 1.54) is 35.0 Å². The van der Waals surface area contributed by atoms with Crippen LogP contribution in [0.4, 0.5) is 23.7 Å². The van der Waals surface area contributed by atoms with Gasteiger partial charge in [0.25, 0.3) is 17.7 Å². The third-order valence-electron chi connectivity index (χ3n) is 8.30. The van der Waals surface area contributed by atoms with Crippen LogP contribution in [-0.4, -0.2) is 113 Å². The molecule has 15 nitrogen and oxygen atoms in total. The van der Waals surface area contributed by atoms with E-state index < -0.39 is 47.8 Å². The second-order valence-electron chi connectivity index (χ2n) is 11.3. The van der Waals surface area contributed by atoms with Gasteiger partial charge in [0, 0.05) is 71.0 Å². The maximum atomic E-state index is 13.6. The van der Waals surface area contributed by atoms with Gasteiger partial charge in [0.15, 0.2) is 11.5 Å². The lowest BCUT2D eigenvalue weighted by Gasteiger charge is -2.41. The number of piperazine rings is 1. The van der Waals surface area contributed by atoms with Crippen LogP contribution in [0.25, 0.3) is 11.3 Å². The fourth-order valence-electron chi connectivity index (χ4n) is 5.65. The Morgan fingerprint density at radius 1 is 1.06 bits per heavy atom. The lowest BCUT2D eigenvalue weighted by molar-refractivity contribution is -0.157. The largest absolute Gasteiger partial charge is 0.465 e. The number of rotatable bonds is 6. The molecule has 48 heavy (non-hydrogen) atoms. The molecule has 3 aromatic rings. The summed E-state index contributed by atoms with van der Waals surface area (Å²) in [7, 11) is 1.35. The molecule has 254 valence electrons. The van der Waals surface area contributed by atoms with Gasteiger partial charge in [-0.2, -0.15) is 23.5 Å². The van der Waals surface area contributed by atoms with Gasteiger partial charge in [0.2, 0.25) is 0 Å². The standard InChI is InChI=1S/C29H29ClF3N9O6/c1-38-21(19-16-42(9-6-34)37-22(19)29(31,32)33)15-35-23(38)24(43)36-17-2-3-18(20(30)14-17)25(44)39-10-12-40(13-11-39)26(45)28(48)4-7-41(8-5-28)27(46)47/h2-3,14-16,48H,4-5,7-13H2,1H3,(H,36,43)(H,46,47). The first-order valence-corrected chi connectivity index (χ1v) is 14.9. The smallest absolute Gasteiger partial charge is 0.435 e. The second kappa shape index (κ2) is 13.2. The third kappa shape index (κ3) is 6.78. The summed E-state index contributed by atoms with van der Waals surface area (Å²) in [6.45, 7) is 0.269. The van der Waals surface area contributed by atoms with Crippen molar-refractivity contribution in [2.24, 2.45) is 7.05 Å². The van der Waals surface area contributed by atoms with Crippen LogP contribution in [0.1, 0.15) is 39.5 Å². The molecule has 3 N–H and O–H groups in total. The van der Waals surface area contributed by atoms with Crippen LogP contribution in [0.2, 0.25) is 5.02 Å².